The lowest BCUT2D eigenvalue weighted by atomic mass is 10.1. The fourth-order valence-electron chi connectivity index (χ4n) is 1.54. The molecule has 1 atom stereocenters. The molecule has 0 aliphatic rings. The van der Waals surface area contributed by atoms with Crippen molar-refractivity contribution in [3.63, 3.8) is 0 Å². The van der Waals surface area contributed by atoms with Crippen molar-refractivity contribution in [1.29, 1.82) is 0 Å². The molecule has 0 saturated carbocycles. The Morgan fingerprint density at radius 3 is 2.56 bits per heavy atom. The Morgan fingerprint density at radius 1 is 1.12 bits per heavy atom. The molecule has 0 spiro atoms. The Kier molecular flexibility index (Phi) is 3.67. The second-order valence-corrected chi connectivity index (χ2v) is 4.62. The Bertz CT molecular complexity index is 458. The highest BCUT2D eigenvalue weighted by Gasteiger charge is 2.12. The first-order chi connectivity index (χ1) is 7.77. The molecule has 1 aromatic carbocycles. The normalized spacial score (nSPS) is 12.4. The summed E-state index contributed by atoms with van der Waals surface area (Å²) in [6.07, 6.45) is 2.43. The minimum atomic E-state index is -0.180. The summed E-state index contributed by atoms with van der Waals surface area (Å²) in [5.74, 6) is -0.180. The molecule has 0 saturated heterocycles. The van der Waals surface area contributed by atoms with Gasteiger partial charge in [0.25, 0.3) is 0 Å². The summed E-state index contributed by atoms with van der Waals surface area (Å²) in [6, 6.07) is 12.5. The molecular formula is C13H11BrFN. The van der Waals surface area contributed by atoms with Crippen LogP contribution in [0, 0.1) is 5.82 Å². The van der Waals surface area contributed by atoms with Crippen molar-refractivity contribution in [2.45, 2.75) is 11.2 Å². The number of hydrogen-bond acceptors (Lipinski definition) is 1. The molecule has 0 fully saturated rings. The number of aromatic nitrogens is 1. The van der Waals surface area contributed by atoms with Crippen LogP contribution < -0.4 is 0 Å². The summed E-state index contributed by atoms with van der Waals surface area (Å²) < 4.78 is 13.5. The Labute approximate surface area is 102 Å². The molecule has 1 aromatic heterocycles. The lowest BCUT2D eigenvalue weighted by Gasteiger charge is -2.10. The van der Waals surface area contributed by atoms with Crippen LogP contribution in [0.25, 0.3) is 0 Å². The molecule has 0 N–H and O–H groups in total. The average Bonchev–Trinajstić information content (AvgIpc) is 2.31. The van der Waals surface area contributed by atoms with E-state index in [0.29, 0.717) is 12.0 Å². The fraction of sp³-hybridized carbons (Fsp3) is 0.154. The molecule has 0 aliphatic carbocycles. The van der Waals surface area contributed by atoms with E-state index in [2.05, 4.69) is 20.9 Å². The van der Waals surface area contributed by atoms with Crippen LogP contribution in [0.15, 0.2) is 48.7 Å². The van der Waals surface area contributed by atoms with Gasteiger partial charge in [-0.3, -0.25) is 4.98 Å². The van der Waals surface area contributed by atoms with Gasteiger partial charge in [-0.05, 0) is 18.2 Å². The Balaban J connectivity index is 2.15. The van der Waals surface area contributed by atoms with Gasteiger partial charge in [-0.15, -0.1) is 0 Å². The number of rotatable bonds is 3. The van der Waals surface area contributed by atoms with Crippen molar-refractivity contribution in [3.8, 4) is 0 Å². The van der Waals surface area contributed by atoms with Gasteiger partial charge >= 0.3 is 0 Å². The maximum Gasteiger partial charge on any atom is 0.127 e. The molecule has 1 nitrogen and oxygen atoms in total. The molecule has 2 rings (SSSR count). The quantitative estimate of drug-likeness (QED) is 0.777. The predicted molar refractivity (Wildman–Crippen MR) is 66.0 cm³/mol. The molecule has 1 unspecified atom stereocenters. The molecule has 0 radical (unpaired) electrons. The second-order valence-electron chi connectivity index (χ2n) is 3.51. The van der Waals surface area contributed by atoms with Gasteiger partial charge in [0, 0.05) is 28.7 Å². The molecule has 0 bridgehead atoms. The van der Waals surface area contributed by atoms with Crippen molar-refractivity contribution in [3.05, 3.63) is 65.7 Å². The molecule has 3 heteroatoms. The minimum absolute atomic E-state index is 0.0383. The van der Waals surface area contributed by atoms with Crippen molar-refractivity contribution < 1.29 is 4.39 Å². The second kappa shape index (κ2) is 5.21. The topological polar surface area (TPSA) is 12.9 Å². The minimum Gasteiger partial charge on any atom is -0.261 e. The van der Waals surface area contributed by atoms with Crippen molar-refractivity contribution in [1.82, 2.24) is 4.98 Å². The SMILES string of the molecule is Fc1ccccc1C(Br)Cc1ccccn1. The molecule has 0 aliphatic heterocycles. The van der Waals surface area contributed by atoms with Crippen LogP contribution >= 0.6 is 15.9 Å². The van der Waals surface area contributed by atoms with Gasteiger partial charge in [-0.25, -0.2) is 4.39 Å². The summed E-state index contributed by atoms with van der Waals surface area (Å²) in [4.78, 5) is 4.18. The Morgan fingerprint density at radius 2 is 1.88 bits per heavy atom. The highest BCUT2D eigenvalue weighted by molar-refractivity contribution is 9.09. The Hall–Kier alpha value is -1.22. The van der Waals surface area contributed by atoms with Gasteiger partial charge in [0.15, 0.2) is 0 Å². The number of nitrogens with zero attached hydrogens (tertiary/aromatic N) is 1. The third-order valence-electron chi connectivity index (χ3n) is 2.36. The van der Waals surface area contributed by atoms with E-state index < -0.39 is 0 Å². The van der Waals surface area contributed by atoms with Crippen molar-refractivity contribution in [2.24, 2.45) is 0 Å². The van der Waals surface area contributed by atoms with Crippen LogP contribution in [0.1, 0.15) is 16.1 Å². The smallest absolute Gasteiger partial charge is 0.127 e. The van der Waals surface area contributed by atoms with Gasteiger partial charge in [-0.1, -0.05) is 40.2 Å². The molecule has 2 aromatic rings. The highest BCUT2D eigenvalue weighted by Crippen LogP contribution is 2.28. The van der Waals surface area contributed by atoms with E-state index in [0.717, 1.165) is 5.69 Å². The number of benzene rings is 1. The van der Waals surface area contributed by atoms with Crippen LogP contribution in [-0.4, -0.2) is 4.98 Å². The van der Waals surface area contributed by atoms with Gasteiger partial charge < -0.3 is 0 Å². The molecule has 1 heterocycles. The van der Waals surface area contributed by atoms with Crippen LogP contribution in [0.2, 0.25) is 0 Å². The standard InChI is InChI=1S/C13H11BrFN/c14-12(9-10-5-3-4-8-16-10)11-6-1-2-7-13(11)15/h1-8,12H,9H2. The summed E-state index contributed by atoms with van der Waals surface area (Å²) in [6.45, 7) is 0. The third-order valence-corrected chi connectivity index (χ3v) is 3.17. The van der Waals surface area contributed by atoms with Gasteiger partial charge in [0.05, 0.1) is 0 Å². The van der Waals surface area contributed by atoms with E-state index in [1.54, 1.807) is 18.3 Å². The maximum absolute atomic E-state index is 13.5. The number of halogens is 2. The lowest BCUT2D eigenvalue weighted by Crippen LogP contribution is -1.99. The lowest BCUT2D eigenvalue weighted by molar-refractivity contribution is 0.607. The first-order valence-electron chi connectivity index (χ1n) is 5.06. The van der Waals surface area contributed by atoms with Gasteiger partial charge in [-0.2, -0.15) is 0 Å². The molecular weight excluding hydrogens is 269 g/mol. The summed E-state index contributed by atoms with van der Waals surface area (Å²) in [7, 11) is 0. The zero-order valence-electron chi connectivity index (χ0n) is 8.61. The largest absolute Gasteiger partial charge is 0.261 e. The first kappa shape index (κ1) is 11.3. The van der Waals surface area contributed by atoms with Crippen LogP contribution in [0.3, 0.4) is 0 Å². The van der Waals surface area contributed by atoms with Crippen LogP contribution in [0.4, 0.5) is 4.39 Å². The highest BCUT2D eigenvalue weighted by atomic mass is 79.9. The van der Waals surface area contributed by atoms with Crippen molar-refractivity contribution >= 4 is 15.9 Å². The van der Waals surface area contributed by atoms with Crippen LogP contribution in [-0.2, 0) is 6.42 Å². The van der Waals surface area contributed by atoms with E-state index in [9.17, 15) is 4.39 Å². The predicted octanol–water partition coefficient (Wildman–Crippen LogP) is 3.90. The van der Waals surface area contributed by atoms with E-state index in [1.165, 1.54) is 6.07 Å². The van der Waals surface area contributed by atoms with E-state index in [-0.39, 0.29) is 10.6 Å². The third kappa shape index (κ3) is 2.67. The zero-order chi connectivity index (χ0) is 11.4. The summed E-state index contributed by atoms with van der Waals surface area (Å²) >= 11 is 3.49. The van der Waals surface area contributed by atoms with E-state index in [4.69, 9.17) is 0 Å². The molecule has 16 heavy (non-hydrogen) atoms. The van der Waals surface area contributed by atoms with E-state index >= 15 is 0 Å². The van der Waals surface area contributed by atoms with Gasteiger partial charge in [0.2, 0.25) is 0 Å². The first-order valence-corrected chi connectivity index (χ1v) is 5.97. The number of alkyl halides is 1. The molecule has 0 amide bonds. The summed E-state index contributed by atoms with van der Waals surface area (Å²) in [5, 5.41) is 0. The maximum atomic E-state index is 13.5. The van der Waals surface area contributed by atoms with Gasteiger partial charge in [0.1, 0.15) is 5.82 Å². The summed E-state index contributed by atoms with van der Waals surface area (Å²) in [5.41, 5.74) is 1.63. The average molecular weight is 280 g/mol. The fourth-order valence-corrected chi connectivity index (χ4v) is 2.24. The molecule has 82 valence electrons. The zero-order valence-corrected chi connectivity index (χ0v) is 10.2. The van der Waals surface area contributed by atoms with Crippen molar-refractivity contribution in [2.75, 3.05) is 0 Å². The number of hydrogen-bond donors (Lipinski definition) is 0. The monoisotopic (exact) mass is 279 g/mol. The number of pyridine rings is 1. The van der Waals surface area contributed by atoms with Crippen LogP contribution in [0.5, 0.6) is 0 Å². The van der Waals surface area contributed by atoms with E-state index in [1.807, 2.05) is 24.3 Å².